The third kappa shape index (κ3) is 1.95. The molecule has 0 N–H and O–H groups in total. The maximum Gasteiger partial charge on any atom is 0.198 e. The lowest BCUT2D eigenvalue weighted by Gasteiger charge is -2.11. The SMILES string of the molecule is CCCc1c(F)cc(F)c2c(F)c(F)c(F)c(F)c12. The minimum atomic E-state index is -2.11. The first-order valence-corrected chi connectivity index (χ1v) is 5.52. The first-order chi connectivity index (χ1) is 8.90. The Kier molecular flexibility index (Phi) is 3.43. The maximum absolute atomic E-state index is 13.7. The average Bonchev–Trinajstić information content (AvgIpc) is 2.36. The number of halogens is 6. The van der Waals surface area contributed by atoms with Crippen LogP contribution in [0.3, 0.4) is 0 Å². The van der Waals surface area contributed by atoms with Gasteiger partial charge in [0.15, 0.2) is 23.3 Å². The van der Waals surface area contributed by atoms with E-state index in [4.69, 9.17) is 0 Å². The van der Waals surface area contributed by atoms with Crippen LogP contribution in [0.25, 0.3) is 10.8 Å². The van der Waals surface area contributed by atoms with Crippen LogP contribution in [0.2, 0.25) is 0 Å². The lowest BCUT2D eigenvalue weighted by Crippen LogP contribution is -2.04. The van der Waals surface area contributed by atoms with E-state index >= 15 is 0 Å². The minimum absolute atomic E-state index is 0.0515. The number of fused-ring (bicyclic) bond motifs is 1. The summed E-state index contributed by atoms with van der Waals surface area (Å²) in [5.41, 5.74) is -0.366. The normalized spacial score (nSPS) is 11.3. The molecule has 0 saturated carbocycles. The molecule has 0 bridgehead atoms. The number of benzene rings is 2. The lowest BCUT2D eigenvalue weighted by molar-refractivity contribution is 0.415. The molecule has 0 fully saturated rings. The van der Waals surface area contributed by atoms with Gasteiger partial charge in [-0.05, 0) is 12.0 Å². The molecule has 0 aliphatic heterocycles. The first-order valence-electron chi connectivity index (χ1n) is 5.52. The van der Waals surface area contributed by atoms with Gasteiger partial charge in [0, 0.05) is 11.5 Å². The molecule has 0 radical (unpaired) electrons. The van der Waals surface area contributed by atoms with Crippen LogP contribution in [-0.4, -0.2) is 0 Å². The molecule has 0 unspecified atom stereocenters. The Balaban J connectivity index is 3.05. The third-order valence-electron chi connectivity index (χ3n) is 2.85. The Labute approximate surface area is 104 Å². The second kappa shape index (κ2) is 4.75. The van der Waals surface area contributed by atoms with Crippen molar-refractivity contribution >= 4 is 10.8 Å². The molecule has 102 valence electrons. The van der Waals surface area contributed by atoms with E-state index in [0.29, 0.717) is 12.5 Å². The molecule has 0 nitrogen and oxygen atoms in total. The fourth-order valence-corrected chi connectivity index (χ4v) is 2.02. The highest BCUT2D eigenvalue weighted by Gasteiger charge is 2.26. The van der Waals surface area contributed by atoms with E-state index in [0.717, 1.165) is 0 Å². The van der Waals surface area contributed by atoms with Gasteiger partial charge < -0.3 is 0 Å². The lowest BCUT2D eigenvalue weighted by atomic mass is 9.98. The van der Waals surface area contributed by atoms with Crippen molar-refractivity contribution in [2.75, 3.05) is 0 Å². The molecule has 0 heterocycles. The predicted molar refractivity (Wildman–Crippen MR) is 57.7 cm³/mol. The highest BCUT2D eigenvalue weighted by atomic mass is 19.2. The Bertz CT molecular complexity index is 662. The van der Waals surface area contributed by atoms with E-state index in [1.807, 2.05) is 0 Å². The third-order valence-corrected chi connectivity index (χ3v) is 2.85. The van der Waals surface area contributed by atoms with Crippen molar-refractivity contribution in [1.82, 2.24) is 0 Å². The summed E-state index contributed by atoms with van der Waals surface area (Å²) < 4.78 is 80.5. The quantitative estimate of drug-likeness (QED) is 0.427. The van der Waals surface area contributed by atoms with Gasteiger partial charge in [0.05, 0.1) is 5.39 Å². The maximum atomic E-state index is 13.7. The zero-order chi connectivity index (χ0) is 14.3. The van der Waals surface area contributed by atoms with Gasteiger partial charge in [-0.3, -0.25) is 0 Å². The summed E-state index contributed by atoms with van der Waals surface area (Å²) in [7, 11) is 0. The average molecular weight is 278 g/mol. The molecule has 0 saturated heterocycles. The largest absolute Gasteiger partial charge is 0.207 e. The smallest absolute Gasteiger partial charge is 0.198 e. The molecule has 0 aliphatic carbocycles. The van der Waals surface area contributed by atoms with Crippen LogP contribution >= 0.6 is 0 Å². The minimum Gasteiger partial charge on any atom is -0.207 e. The number of aryl methyl sites for hydroxylation is 1. The van der Waals surface area contributed by atoms with Crippen LogP contribution in [-0.2, 0) is 6.42 Å². The van der Waals surface area contributed by atoms with Gasteiger partial charge in [0.1, 0.15) is 11.6 Å². The van der Waals surface area contributed by atoms with Gasteiger partial charge in [-0.15, -0.1) is 0 Å². The van der Waals surface area contributed by atoms with Crippen molar-refractivity contribution in [3.8, 4) is 0 Å². The van der Waals surface area contributed by atoms with E-state index in [9.17, 15) is 26.3 Å². The Hall–Kier alpha value is -1.72. The van der Waals surface area contributed by atoms with Crippen molar-refractivity contribution < 1.29 is 26.3 Å². The van der Waals surface area contributed by atoms with Crippen LogP contribution in [0.1, 0.15) is 18.9 Å². The Morgan fingerprint density at radius 1 is 0.737 bits per heavy atom. The van der Waals surface area contributed by atoms with Crippen LogP contribution < -0.4 is 0 Å². The Morgan fingerprint density at radius 3 is 1.79 bits per heavy atom. The van der Waals surface area contributed by atoms with Crippen molar-refractivity contribution in [3.63, 3.8) is 0 Å². The molecular weight excluding hydrogens is 270 g/mol. The number of rotatable bonds is 2. The van der Waals surface area contributed by atoms with Gasteiger partial charge in [0.2, 0.25) is 0 Å². The van der Waals surface area contributed by atoms with Gasteiger partial charge in [-0.2, -0.15) is 0 Å². The summed E-state index contributed by atoms with van der Waals surface area (Å²) >= 11 is 0. The van der Waals surface area contributed by atoms with Crippen molar-refractivity contribution in [2.24, 2.45) is 0 Å². The monoisotopic (exact) mass is 278 g/mol. The molecule has 0 aromatic heterocycles. The highest BCUT2D eigenvalue weighted by Crippen LogP contribution is 2.33. The second-order valence-electron chi connectivity index (χ2n) is 4.07. The van der Waals surface area contributed by atoms with Gasteiger partial charge in [-0.25, -0.2) is 26.3 Å². The topological polar surface area (TPSA) is 0 Å². The summed E-state index contributed by atoms with van der Waals surface area (Å²) in [5.74, 6) is -10.4. The summed E-state index contributed by atoms with van der Waals surface area (Å²) in [5, 5.41) is -1.95. The molecule has 0 spiro atoms. The number of hydrogen-bond donors (Lipinski definition) is 0. The zero-order valence-electron chi connectivity index (χ0n) is 9.76. The van der Waals surface area contributed by atoms with E-state index < -0.39 is 45.7 Å². The molecule has 2 rings (SSSR count). The molecule has 0 atom stereocenters. The fourth-order valence-electron chi connectivity index (χ4n) is 2.02. The molecule has 19 heavy (non-hydrogen) atoms. The van der Waals surface area contributed by atoms with Crippen molar-refractivity contribution in [1.29, 1.82) is 0 Å². The summed E-state index contributed by atoms with van der Waals surface area (Å²) in [6.45, 7) is 1.63. The van der Waals surface area contributed by atoms with Crippen molar-refractivity contribution in [2.45, 2.75) is 19.8 Å². The van der Waals surface area contributed by atoms with Crippen molar-refractivity contribution in [3.05, 3.63) is 46.5 Å². The molecule has 0 amide bonds. The van der Waals surface area contributed by atoms with Crippen LogP contribution in [0.5, 0.6) is 0 Å². The summed E-state index contributed by atoms with van der Waals surface area (Å²) in [4.78, 5) is 0. The van der Waals surface area contributed by atoms with E-state index in [2.05, 4.69) is 0 Å². The highest BCUT2D eigenvalue weighted by molar-refractivity contribution is 5.88. The number of hydrogen-bond acceptors (Lipinski definition) is 0. The first kappa shape index (κ1) is 13.7. The zero-order valence-corrected chi connectivity index (χ0v) is 9.76. The predicted octanol–water partition coefficient (Wildman–Crippen LogP) is 4.63. The van der Waals surface area contributed by atoms with Crippen LogP contribution in [0.4, 0.5) is 26.3 Å². The van der Waals surface area contributed by atoms with E-state index in [-0.39, 0.29) is 12.0 Å². The summed E-state index contributed by atoms with van der Waals surface area (Å²) in [6.07, 6.45) is 0.293. The van der Waals surface area contributed by atoms with E-state index in [1.54, 1.807) is 6.92 Å². The second-order valence-corrected chi connectivity index (χ2v) is 4.07. The van der Waals surface area contributed by atoms with Gasteiger partial charge in [-0.1, -0.05) is 13.3 Å². The van der Waals surface area contributed by atoms with Crippen LogP contribution in [0.15, 0.2) is 6.07 Å². The van der Waals surface area contributed by atoms with Crippen LogP contribution in [0, 0.1) is 34.9 Å². The molecule has 2 aromatic carbocycles. The summed E-state index contributed by atoms with van der Waals surface area (Å²) in [6, 6.07) is 0.340. The van der Waals surface area contributed by atoms with E-state index in [1.165, 1.54) is 0 Å². The molecule has 2 aromatic rings. The Morgan fingerprint density at radius 2 is 1.26 bits per heavy atom. The molecular formula is C13H8F6. The van der Waals surface area contributed by atoms with Gasteiger partial charge in [0.25, 0.3) is 0 Å². The standard InChI is InChI=1S/C13H8F6/c1-2-3-5-6(14)4-7(15)9-8(5)10(16)12(18)13(19)11(9)17/h4H,2-3H2,1H3. The van der Waals surface area contributed by atoms with Gasteiger partial charge >= 0.3 is 0 Å². The fraction of sp³-hybridized carbons (Fsp3) is 0.231. The molecule has 0 aliphatic rings. The molecule has 6 heteroatoms.